The van der Waals surface area contributed by atoms with E-state index in [4.69, 9.17) is 16.8 Å². The van der Waals surface area contributed by atoms with Crippen LogP contribution in [-0.4, -0.2) is 60.4 Å². The molecule has 0 amide bonds. The van der Waals surface area contributed by atoms with Crippen molar-refractivity contribution in [1.82, 2.24) is 0 Å². The molecule has 226 valence electrons. The van der Waals surface area contributed by atoms with Gasteiger partial charge in [0.25, 0.3) is 6.01 Å². The highest BCUT2D eigenvalue weighted by Gasteiger charge is 2.74. The summed E-state index contributed by atoms with van der Waals surface area (Å²) in [4.78, 5) is 0. The zero-order chi connectivity index (χ0) is 31.5. The van der Waals surface area contributed by atoms with Gasteiger partial charge in [0, 0.05) is 0 Å². The molecule has 0 rings (SSSR count). The molecule has 0 saturated carbocycles. The van der Waals surface area contributed by atoms with Gasteiger partial charge in [0.05, 0.1) is 0 Å². The van der Waals surface area contributed by atoms with Gasteiger partial charge in [-0.25, -0.2) is 17.9 Å². The van der Waals surface area contributed by atoms with Crippen molar-refractivity contribution < 1.29 is 103 Å². The molecule has 0 heterocycles. The zero-order valence-corrected chi connectivity index (χ0v) is 18.0. The highest BCUT2D eigenvalue weighted by atomic mass is 32.3. The quantitative estimate of drug-likeness (QED) is 0.168. The van der Waals surface area contributed by atoms with Crippen molar-refractivity contribution in [2.24, 2.45) is 0 Å². The van der Waals surface area contributed by atoms with E-state index in [1.54, 1.807) is 0 Å². The van der Waals surface area contributed by atoms with Gasteiger partial charge in [0.15, 0.2) is 19.2 Å². The third-order valence-corrected chi connectivity index (χ3v) is 1.98. The van der Waals surface area contributed by atoms with Crippen LogP contribution in [0.1, 0.15) is 0 Å². The summed E-state index contributed by atoms with van der Waals surface area (Å²) in [6.45, 7) is -1.44. The van der Waals surface area contributed by atoms with Gasteiger partial charge in [0.1, 0.15) is 0 Å². The van der Waals surface area contributed by atoms with Crippen LogP contribution in [0.3, 0.4) is 0 Å². The van der Waals surface area contributed by atoms with E-state index >= 15 is 0 Å². The molecular formula is C11H8F18O6S2. The predicted octanol–water partition coefficient (Wildman–Crippen LogP) is 6.26. The molecule has 0 spiro atoms. The molecular weight excluding hydrogens is 634 g/mol. The third kappa shape index (κ3) is 22.8. The minimum absolute atomic E-state index is 2.02. The lowest BCUT2D eigenvalue weighted by molar-refractivity contribution is -0.393. The van der Waals surface area contributed by atoms with Gasteiger partial charge in [-0.2, -0.15) is 65.1 Å². The summed E-state index contributed by atoms with van der Waals surface area (Å²) in [7, 11) is -11.3. The second-order valence-electron chi connectivity index (χ2n) is 4.94. The molecule has 0 atom stereocenters. The minimum atomic E-state index is -6.19. The smallest absolute Gasteiger partial charge is 0.402 e. The van der Waals surface area contributed by atoms with Crippen molar-refractivity contribution in [3.05, 3.63) is 25.0 Å². The zero-order valence-electron chi connectivity index (χ0n) is 16.4. The van der Waals surface area contributed by atoms with Crippen molar-refractivity contribution in [2.75, 3.05) is 13.3 Å². The third-order valence-electron chi connectivity index (χ3n) is 1.98. The summed E-state index contributed by atoms with van der Waals surface area (Å²) in [5.41, 5.74) is 0. The maximum Gasteiger partial charge on any atom is 0.476 e. The molecule has 0 bridgehead atoms. The molecule has 0 unspecified atom stereocenters. The first kappa shape index (κ1) is 42.0. The van der Waals surface area contributed by atoms with E-state index in [0.29, 0.717) is 0 Å². The Hall–Kier alpha value is -2.12. The topological polar surface area (TPSA) is 86.7 Å². The van der Waals surface area contributed by atoms with Crippen molar-refractivity contribution in [3.63, 3.8) is 0 Å². The maximum atomic E-state index is 12.3. The molecule has 0 fully saturated rings. The predicted molar refractivity (Wildman–Crippen MR) is 81.6 cm³/mol. The Kier molecular flexibility index (Phi) is 16.7. The van der Waals surface area contributed by atoms with Crippen molar-refractivity contribution in [1.29, 1.82) is 0 Å². The first-order chi connectivity index (χ1) is 15.7. The number of hydrogen-bond acceptors (Lipinski definition) is 6. The number of rotatable bonds is 9. The molecule has 0 aliphatic carbocycles. The largest absolute Gasteiger partial charge is 0.476 e. The van der Waals surface area contributed by atoms with E-state index in [9.17, 15) is 77.0 Å². The molecule has 0 aromatic heterocycles. The summed E-state index contributed by atoms with van der Waals surface area (Å²) >= 11 is 0. The molecule has 0 N–H and O–H groups in total. The van der Waals surface area contributed by atoms with E-state index in [1.807, 2.05) is 13.2 Å². The summed E-state index contributed by atoms with van der Waals surface area (Å²) in [6.07, 6.45) is -15.5. The van der Waals surface area contributed by atoms with Crippen LogP contribution < -0.4 is 0 Å². The fourth-order valence-electron chi connectivity index (χ4n) is 0.770. The molecule has 0 aromatic carbocycles. The number of ether oxygens (including phenoxy) is 2. The van der Waals surface area contributed by atoms with Gasteiger partial charge in [-0.05, 0) is 6.58 Å². The van der Waals surface area contributed by atoms with Crippen LogP contribution in [0, 0.1) is 0 Å². The SMILES string of the molecule is C=C(F)C(F)(F)OC(F)(F)CF.C=C(F)OC(F)(F)C(F)(F)C(F)(F)CF.O=S(=O)(F)F.O=S(=O)(F)F. The van der Waals surface area contributed by atoms with Crippen molar-refractivity contribution >= 4 is 21.2 Å². The number of alkyl halides is 12. The van der Waals surface area contributed by atoms with Gasteiger partial charge in [-0.15, -0.1) is 0 Å². The average Bonchev–Trinajstić information content (AvgIpc) is 2.57. The Labute approximate surface area is 194 Å². The van der Waals surface area contributed by atoms with Crippen molar-refractivity contribution in [2.45, 2.75) is 30.2 Å². The van der Waals surface area contributed by atoms with Gasteiger partial charge in [0.2, 0.25) is 0 Å². The summed E-state index contributed by atoms with van der Waals surface area (Å²) in [5, 5.41) is 0. The number of halogens is 18. The Morgan fingerprint density at radius 2 is 0.973 bits per heavy atom. The van der Waals surface area contributed by atoms with E-state index in [-0.39, 0.29) is 0 Å². The van der Waals surface area contributed by atoms with Crippen LogP contribution in [0.15, 0.2) is 25.0 Å². The second-order valence-corrected chi connectivity index (χ2v) is 6.45. The minimum Gasteiger partial charge on any atom is -0.402 e. The van der Waals surface area contributed by atoms with Crippen LogP contribution in [0.5, 0.6) is 0 Å². The normalized spacial score (nSPS) is 13.0. The lowest BCUT2D eigenvalue weighted by Gasteiger charge is -2.29. The van der Waals surface area contributed by atoms with Crippen LogP contribution in [0.25, 0.3) is 0 Å². The highest BCUT2D eigenvalue weighted by Crippen LogP contribution is 2.47. The van der Waals surface area contributed by atoms with Gasteiger partial charge in [-0.3, -0.25) is 0 Å². The monoisotopic (exact) mass is 642 g/mol. The number of hydrogen-bond donors (Lipinski definition) is 0. The Morgan fingerprint density at radius 3 is 1.16 bits per heavy atom. The highest BCUT2D eigenvalue weighted by molar-refractivity contribution is 7.81. The molecule has 6 nitrogen and oxygen atoms in total. The summed E-state index contributed by atoms with van der Waals surface area (Å²) < 4.78 is 244. The first-order valence-electron chi connectivity index (χ1n) is 7.07. The van der Waals surface area contributed by atoms with Crippen molar-refractivity contribution in [3.8, 4) is 0 Å². The van der Waals surface area contributed by atoms with E-state index < -0.39 is 76.6 Å². The molecule has 37 heavy (non-hydrogen) atoms. The Bertz CT molecular complexity index is 886. The van der Waals surface area contributed by atoms with Crippen LogP contribution in [0.2, 0.25) is 0 Å². The van der Waals surface area contributed by atoms with Crippen LogP contribution >= 0.6 is 0 Å². The molecule has 0 radical (unpaired) electrons. The maximum absolute atomic E-state index is 12.3. The Morgan fingerprint density at radius 1 is 0.676 bits per heavy atom. The fourth-order valence-corrected chi connectivity index (χ4v) is 0.770. The van der Waals surface area contributed by atoms with Gasteiger partial charge in [-0.1, -0.05) is 22.1 Å². The second kappa shape index (κ2) is 14.7. The lowest BCUT2D eigenvalue weighted by atomic mass is 10.2. The first-order valence-corrected chi connectivity index (χ1v) is 9.63. The summed E-state index contributed by atoms with van der Waals surface area (Å²) in [6, 6.07) is -2.39. The molecule has 0 aromatic rings. The Balaban J connectivity index is -0.000000219. The average molecular weight is 642 g/mol. The fraction of sp³-hybridized carbons (Fsp3) is 0.636. The van der Waals surface area contributed by atoms with E-state index in [1.165, 1.54) is 0 Å². The lowest BCUT2D eigenvalue weighted by Crippen LogP contribution is -2.56. The van der Waals surface area contributed by atoms with E-state index in [0.717, 1.165) is 0 Å². The standard InChI is InChI=1S/C6H4F8O.C5H4F6O.2F2O2S/c1-3(8)15-6(13,14)5(11,12)4(9,10)2-7;1-3(7)5(10,11)12-4(8,9)2-6;2*1-5(2,3)4/h1-2H2;1-2H2;;. The van der Waals surface area contributed by atoms with Gasteiger partial charge >= 0.3 is 51.4 Å². The summed E-state index contributed by atoms with van der Waals surface area (Å²) in [5.74, 6) is -14.3. The molecule has 0 saturated heterocycles. The molecule has 0 aliphatic rings. The van der Waals surface area contributed by atoms with Crippen LogP contribution in [0.4, 0.5) is 77.0 Å². The molecule has 0 aliphatic heterocycles. The van der Waals surface area contributed by atoms with Crippen LogP contribution in [-0.2, 0) is 30.7 Å². The molecule has 26 heteroatoms. The van der Waals surface area contributed by atoms with E-state index in [2.05, 4.69) is 9.47 Å². The van der Waals surface area contributed by atoms with Gasteiger partial charge < -0.3 is 4.74 Å².